The normalized spacial score (nSPS) is 10.0. The molecular formula is C14H8N3O7-. The van der Waals surface area contributed by atoms with Crippen molar-refractivity contribution < 1.29 is 24.5 Å². The number of carboxylic acid groups (broad SMARTS) is 1. The number of amides is 1. The van der Waals surface area contributed by atoms with Gasteiger partial charge < -0.3 is 15.2 Å². The summed E-state index contributed by atoms with van der Waals surface area (Å²) < 4.78 is 0. The van der Waals surface area contributed by atoms with E-state index in [-0.39, 0.29) is 5.56 Å². The molecule has 122 valence electrons. The van der Waals surface area contributed by atoms with Crippen molar-refractivity contribution in [3.63, 3.8) is 0 Å². The monoisotopic (exact) mass is 330 g/mol. The number of non-ortho nitro benzene ring substituents is 1. The minimum Gasteiger partial charge on any atom is -0.545 e. The summed E-state index contributed by atoms with van der Waals surface area (Å²) in [4.78, 5) is 43.4. The zero-order valence-corrected chi connectivity index (χ0v) is 11.8. The SMILES string of the molecule is O=C([O-])c1ccc([N+](=O)[O-])cc1NC(=O)c1ccccc1[N+](=O)[O-]. The van der Waals surface area contributed by atoms with Gasteiger partial charge in [-0.15, -0.1) is 0 Å². The third-order valence-corrected chi connectivity index (χ3v) is 3.03. The lowest BCUT2D eigenvalue weighted by Crippen LogP contribution is -2.25. The number of hydrogen-bond acceptors (Lipinski definition) is 7. The third kappa shape index (κ3) is 3.32. The smallest absolute Gasteiger partial charge is 0.282 e. The maximum Gasteiger partial charge on any atom is 0.282 e. The van der Waals surface area contributed by atoms with Crippen molar-refractivity contribution in [3.8, 4) is 0 Å². The molecule has 2 aromatic rings. The van der Waals surface area contributed by atoms with Crippen LogP contribution in [0.25, 0.3) is 0 Å². The summed E-state index contributed by atoms with van der Waals surface area (Å²) in [5.41, 5.74) is -2.16. The lowest BCUT2D eigenvalue weighted by atomic mass is 10.1. The summed E-state index contributed by atoms with van der Waals surface area (Å²) in [5, 5.41) is 34.9. The molecule has 24 heavy (non-hydrogen) atoms. The molecule has 1 N–H and O–H groups in total. The Kier molecular flexibility index (Phi) is 4.50. The van der Waals surface area contributed by atoms with Gasteiger partial charge in [0.15, 0.2) is 0 Å². The summed E-state index contributed by atoms with van der Waals surface area (Å²) in [5.74, 6) is -2.65. The van der Waals surface area contributed by atoms with Crippen molar-refractivity contribution >= 4 is 28.9 Å². The lowest BCUT2D eigenvalue weighted by Gasteiger charge is -2.11. The van der Waals surface area contributed by atoms with Crippen LogP contribution in [0, 0.1) is 20.2 Å². The fraction of sp³-hybridized carbons (Fsp3) is 0. The molecule has 0 saturated carbocycles. The number of para-hydroxylation sites is 1. The number of carboxylic acids is 1. The van der Waals surface area contributed by atoms with Crippen LogP contribution in [0.5, 0.6) is 0 Å². The quantitative estimate of drug-likeness (QED) is 0.635. The third-order valence-electron chi connectivity index (χ3n) is 3.03. The number of carbonyl (C=O) groups excluding carboxylic acids is 2. The average molecular weight is 330 g/mol. The van der Waals surface area contributed by atoms with Crippen molar-refractivity contribution in [1.82, 2.24) is 0 Å². The van der Waals surface area contributed by atoms with Gasteiger partial charge in [-0.25, -0.2) is 0 Å². The fourth-order valence-corrected chi connectivity index (χ4v) is 1.94. The number of nitrogens with zero attached hydrogens (tertiary/aromatic N) is 2. The molecule has 0 bridgehead atoms. The van der Waals surface area contributed by atoms with Crippen LogP contribution in [0.2, 0.25) is 0 Å². The molecule has 10 heteroatoms. The Morgan fingerprint density at radius 1 is 0.917 bits per heavy atom. The van der Waals surface area contributed by atoms with Crippen molar-refractivity contribution in [2.75, 3.05) is 5.32 Å². The number of anilines is 1. The second kappa shape index (κ2) is 6.52. The van der Waals surface area contributed by atoms with Crippen molar-refractivity contribution in [2.24, 2.45) is 0 Å². The van der Waals surface area contributed by atoms with Gasteiger partial charge in [-0.3, -0.25) is 25.0 Å². The highest BCUT2D eigenvalue weighted by Gasteiger charge is 2.21. The van der Waals surface area contributed by atoms with Gasteiger partial charge in [-0.1, -0.05) is 12.1 Å². The molecule has 2 rings (SSSR count). The van der Waals surface area contributed by atoms with E-state index in [2.05, 4.69) is 5.32 Å². The van der Waals surface area contributed by atoms with Crippen LogP contribution in [0.4, 0.5) is 17.1 Å². The van der Waals surface area contributed by atoms with Gasteiger partial charge in [-0.05, 0) is 12.1 Å². The van der Waals surface area contributed by atoms with Crippen LogP contribution in [0.15, 0.2) is 42.5 Å². The van der Waals surface area contributed by atoms with E-state index in [4.69, 9.17) is 0 Å². The van der Waals surface area contributed by atoms with Gasteiger partial charge in [0.05, 0.1) is 21.5 Å². The van der Waals surface area contributed by atoms with E-state index in [1.165, 1.54) is 18.2 Å². The van der Waals surface area contributed by atoms with E-state index in [1.807, 2.05) is 0 Å². The van der Waals surface area contributed by atoms with Crippen molar-refractivity contribution in [1.29, 1.82) is 0 Å². The molecule has 0 spiro atoms. The Bertz CT molecular complexity index is 863. The van der Waals surface area contributed by atoms with Gasteiger partial charge in [-0.2, -0.15) is 0 Å². The van der Waals surface area contributed by atoms with Gasteiger partial charge in [0.2, 0.25) is 0 Å². The maximum atomic E-state index is 12.2. The summed E-state index contributed by atoms with van der Waals surface area (Å²) in [6, 6.07) is 7.68. The largest absolute Gasteiger partial charge is 0.545 e. The zero-order valence-electron chi connectivity index (χ0n) is 11.8. The minimum atomic E-state index is -1.66. The highest BCUT2D eigenvalue weighted by atomic mass is 16.6. The number of benzene rings is 2. The van der Waals surface area contributed by atoms with Crippen LogP contribution in [0.1, 0.15) is 20.7 Å². The first kappa shape index (κ1) is 16.5. The summed E-state index contributed by atoms with van der Waals surface area (Å²) in [6.45, 7) is 0. The second-order valence-corrected chi connectivity index (χ2v) is 4.50. The van der Waals surface area contributed by atoms with E-state index < -0.39 is 44.3 Å². The van der Waals surface area contributed by atoms with E-state index in [1.54, 1.807) is 0 Å². The number of nitro groups is 2. The molecule has 2 aromatic carbocycles. The topological polar surface area (TPSA) is 156 Å². The van der Waals surface area contributed by atoms with E-state index in [9.17, 15) is 34.9 Å². The second-order valence-electron chi connectivity index (χ2n) is 4.50. The van der Waals surface area contributed by atoms with Crippen molar-refractivity contribution in [2.45, 2.75) is 0 Å². The Morgan fingerprint density at radius 2 is 1.58 bits per heavy atom. The van der Waals surface area contributed by atoms with E-state index in [0.717, 1.165) is 24.3 Å². The van der Waals surface area contributed by atoms with Crippen LogP contribution < -0.4 is 10.4 Å². The molecule has 0 unspecified atom stereocenters. The van der Waals surface area contributed by atoms with E-state index >= 15 is 0 Å². The van der Waals surface area contributed by atoms with Crippen LogP contribution in [0.3, 0.4) is 0 Å². The van der Waals surface area contributed by atoms with Gasteiger partial charge >= 0.3 is 0 Å². The molecule has 0 radical (unpaired) electrons. The molecule has 10 nitrogen and oxygen atoms in total. The number of aromatic carboxylic acids is 1. The van der Waals surface area contributed by atoms with Gasteiger partial charge in [0, 0.05) is 23.8 Å². The Labute approximate surface area is 133 Å². The van der Waals surface area contributed by atoms with Crippen LogP contribution in [-0.4, -0.2) is 21.7 Å². The highest BCUT2D eigenvalue weighted by molar-refractivity contribution is 6.09. The predicted molar refractivity (Wildman–Crippen MR) is 78.5 cm³/mol. The molecule has 0 aromatic heterocycles. The molecule has 0 heterocycles. The first-order chi connectivity index (χ1) is 11.3. The van der Waals surface area contributed by atoms with Crippen LogP contribution in [-0.2, 0) is 0 Å². The van der Waals surface area contributed by atoms with Gasteiger partial charge in [0.1, 0.15) is 5.56 Å². The Balaban J connectivity index is 2.45. The number of rotatable bonds is 5. The van der Waals surface area contributed by atoms with Crippen molar-refractivity contribution in [3.05, 3.63) is 73.8 Å². The molecule has 0 atom stereocenters. The molecule has 0 fully saturated rings. The Morgan fingerprint density at radius 3 is 2.17 bits per heavy atom. The molecule has 1 amide bonds. The first-order valence-electron chi connectivity index (χ1n) is 6.36. The standard InChI is InChI=1S/C14H9N3O7/c18-13(10-3-1-2-4-12(10)17(23)24)15-11-7-8(16(21)22)5-6-9(11)14(19)20/h1-7H,(H,15,18)(H,19,20)/p-1. The van der Waals surface area contributed by atoms with E-state index in [0.29, 0.717) is 0 Å². The summed E-state index contributed by atoms with van der Waals surface area (Å²) in [7, 11) is 0. The summed E-state index contributed by atoms with van der Waals surface area (Å²) in [6.07, 6.45) is 0. The predicted octanol–water partition coefficient (Wildman–Crippen LogP) is 1.12. The molecule has 0 aliphatic rings. The summed E-state index contributed by atoms with van der Waals surface area (Å²) >= 11 is 0. The average Bonchev–Trinajstić information content (AvgIpc) is 2.54. The number of nitro benzene ring substituents is 2. The van der Waals surface area contributed by atoms with Gasteiger partial charge in [0.25, 0.3) is 17.3 Å². The zero-order chi connectivity index (χ0) is 17.9. The molecule has 0 aliphatic carbocycles. The molecule has 0 saturated heterocycles. The number of hydrogen-bond donors (Lipinski definition) is 1. The molecular weight excluding hydrogens is 322 g/mol. The first-order valence-corrected chi connectivity index (χ1v) is 6.36. The maximum absolute atomic E-state index is 12.2. The van der Waals surface area contributed by atoms with Crippen LogP contribution >= 0.6 is 0 Å². The fourth-order valence-electron chi connectivity index (χ4n) is 1.94. The molecule has 0 aliphatic heterocycles. The number of nitrogens with one attached hydrogen (secondary N) is 1. The minimum absolute atomic E-state index is 0.321. The number of carbonyl (C=O) groups is 2. The highest BCUT2D eigenvalue weighted by Crippen LogP contribution is 2.24. The Hall–Kier alpha value is -3.82. The lowest BCUT2D eigenvalue weighted by molar-refractivity contribution is -0.385.